The summed E-state index contributed by atoms with van der Waals surface area (Å²) in [6.45, 7) is 0.725. The lowest BCUT2D eigenvalue weighted by Gasteiger charge is -2.28. The minimum Gasteiger partial charge on any atom is -0.504 e. The fraction of sp³-hybridized carbons (Fsp3) is 0.217. The highest BCUT2D eigenvalue weighted by molar-refractivity contribution is 6.36. The van der Waals surface area contributed by atoms with Crippen molar-refractivity contribution in [3.8, 4) is 22.8 Å². The summed E-state index contributed by atoms with van der Waals surface area (Å²) in [5.41, 5.74) is 1.79. The highest BCUT2D eigenvalue weighted by atomic mass is 35.5. The van der Waals surface area contributed by atoms with Crippen LogP contribution >= 0.6 is 23.2 Å². The number of aromatic nitrogens is 3. The molecule has 33 heavy (non-hydrogen) atoms. The van der Waals surface area contributed by atoms with Crippen LogP contribution in [0.25, 0.3) is 22.2 Å². The SMILES string of the molecule is Cn1c(=O)c2c(-c3ccc(Cl)cc3Cl)n3c(c2n(C)c1=O)[C@H](c1ccc(O)c(O)c1)OCC3. The molecule has 1 aliphatic heterocycles. The van der Waals surface area contributed by atoms with E-state index in [1.54, 1.807) is 31.3 Å². The van der Waals surface area contributed by atoms with Crippen molar-refractivity contribution < 1.29 is 14.9 Å². The zero-order valence-electron chi connectivity index (χ0n) is 17.7. The molecule has 0 fully saturated rings. The molecule has 170 valence electrons. The van der Waals surface area contributed by atoms with Gasteiger partial charge >= 0.3 is 5.69 Å². The quantitative estimate of drug-likeness (QED) is 0.421. The molecule has 0 amide bonds. The highest BCUT2D eigenvalue weighted by Gasteiger charge is 2.33. The Hall–Kier alpha value is -3.20. The maximum atomic E-state index is 13.4. The van der Waals surface area contributed by atoms with E-state index < -0.39 is 17.4 Å². The monoisotopic (exact) mass is 487 g/mol. The van der Waals surface area contributed by atoms with Crippen LogP contribution in [-0.4, -0.2) is 30.5 Å². The third kappa shape index (κ3) is 3.17. The Morgan fingerprint density at radius 1 is 1.00 bits per heavy atom. The number of ether oxygens (including phenoxy) is 1. The Balaban J connectivity index is 1.95. The third-order valence-electron chi connectivity index (χ3n) is 6.04. The predicted molar refractivity (Wildman–Crippen MR) is 125 cm³/mol. The van der Waals surface area contributed by atoms with Gasteiger partial charge < -0.3 is 19.5 Å². The van der Waals surface area contributed by atoms with E-state index in [1.807, 2.05) is 4.57 Å². The van der Waals surface area contributed by atoms with Crippen molar-refractivity contribution in [2.24, 2.45) is 14.1 Å². The molecule has 8 nitrogen and oxygen atoms in total. The molecule has 3 heterocycles. The summed E-state index contributed by atoms with van der Waals surface area (Å²) >= 11 is 12.7. The van der Waals surface area contributed by atoms with Crippen LogP contribution in [0, 0.1) is 0 Å². The summed E-state index contributed by atoms with van der Waals surface area (Å²) in [5.74, 6) is -0.556. The predicted octanol–water partition coefficient (Wildman–Crippen LogP) is 3.54. The van der Waals surface area contributed by atoms with Crippen molar-refractivity contribution in [2.45, 2.75) is 12.6 Å². The Labute approximate surface area is 197 Å². The Morgan fingerprint density at radius 2 is 1.76 bits per heavy atom. The zero-order chi connectivity index (χ0) is 23.6. The summed E-state index contributed by atoms with van der Waals surface area (Å²) in [5, 5.41) is 21.0. The molecule has 0 bridgehead atoms. The van der Waals surface area contributed by atoms with Gasteiger partial charge in [0.25, 0.3) is 5.56 Å². The van der Waals surface area contributed by atoms with Gasteiger partial charge in [-0.3, -0.25) is 13.9 Å². The average molecular weight is 488 g/mol. The standard InChI is InChI=1S/C23H19Cl2N3O5/c1-26-19-17(22(31)27(2)23(26)32)18(13-5-4-12(24)10-14(13)25)28-7-8-33-21(20(19)28)11-3-6-15(29)16(30)9-11/h3-6,9-10,21,29-30H,7-8H2,1-2H3/t21-/m0/s1. The lowest BCUT2D eigenvalue weighted by atomic mass is 10.0. The van der Waals surface area contributed by atoms with Gasteiger partial charge in [-0.25, -0.2) is 4.79 Å². The molecule has 10 heteroatoms. The van der Waals surface area contributed by atoms with Crippen molar-refractivity contribution >= 4 is 34.1 Å². The molecule has 4 aromatic rings. The van der Waals surface area contributed by atoms with Crippen LogP contribution in [0.2, 0.25) is 10.0 Å². The van der Waals surface area contributed by atoms with Gasteiger partial charge in [0, 0.05) is 31.2 Å². The van der Waals surface area contributed by atoms with Crippen LogP contribution in [0.3, 0.4) is 0 Å². The van der Waals surface area contributed by atoms with Crippen LogP contribution < -0.4 is 11.2 Å². The summed E-state index contributed by atoms with van der Waals surface area (Å²) < 4.78 is 10.5. The number of nitrogens with zero attached hydrogens (tertiary/aromatic N) is 3. The van der Waals surface area contributed by atoms with Gasteiger partial charge in [0.1, 0.15) is 6.10 Å². The molecule has 1 atom stereocenters. The van der Waals surface area contributed by atoms with Gasteiger partial charge in [0.2, 0.25) is 0 Å². The van der Waals surface area contributed by atoms with E-state index in [0.29, 0.717) is 56.6 Å². The van der Waals surface area contributed by atoms with Crippen LogP contribution in [0.5, 0.6) is 11.5 Å². The van der Waals surface area contributed by atoms with E-state index in [4.69, 9.17) is 27.9 Å². The Bertz CT molecular complexity index is 1570. The minimum atomic E-state index is -0.703. The minimum absolute atomic E-state index is 0.260. The second-order valence-electron chi connectivity index (χ2n) is 7.94. The second kappa shape index (κ2) is 7.69. The van der Waals surface area contributed by atoms with Gasteiger partial charge in [-0.15, -0.1) is 0 Å². The maximum Gasteiger partial charge on any atom is 0.331 e. The number of hydrogen-bond donors (Lipinski definition) is 2. The first-order valence-electron chi connectivity index (χ1n) is 10.1. The van der Waals surface area contributed by atoms with Crippen LogP contribution in [-0.2, 0) is 25.4 Å². The van der Waals surface area contributed by atoms with Crippen LogP contribution in [0.15, 0.2) is 46.0 Å². The molecule has 2 aromatic heterocycles. The van der Waals surface area contributed by atoms with E-state index in [1.165, 1.54) is 23.7 Å². The number of hydrogen-bond acceptors (Lipinski definition) is 5. The first kappa shape index (κ1) is 21.6. The van der Waals surface area contributed by atoms with Crippen LogP contribution in [0.4, 0.5) is 0 Å². The van der Waals surface area contributed by atoms with Crippen molar-refractivity contribution in [1.82, 2.24) is 13.7 Å². The average Bonchev–Trinajstić information content (AvgIpc) is 3.13. The molecule has 0 radical (unpaired) electrons. The molecule has 2 aromatic carbocycles. The van der Waals surface area contributed by atoms with E-state index in [9.17, 15) is 19.8 Å². The molecule has 0 aliphatic carbocycles. The first-order chi connectivity index (χ1) is 15.7. The molecule has 2 N–H and O–H groups in total. The van der Waals surface area contributed by atoms with Crippen molar-refractivity contribution in [3.05, 3.63) is 78.5 Å². The highest BCUT2D eigenvalue weighted by Crippen LogP contribution is 2.43. The van der Waals surface area contributed by atoms with Gasteiger partial charge in [0.05, 0.1) is 33.9 Å². The molecule has 0 saturated carbocycles. The number of benzene rings is 2. The number of phenols is 2. The summed E-state index contributed by atoms with van der Waals surface area (Å²) in [6.07, 6.45) is -0.703. The largest absolute Gasteiger partial charge is 0.504 e. The van der Waals surface area contributed by atoms with Gasteiger partial charge in [0.15, 0.2) is 11.5 Å². The zero-order valence-corrected chi connectivity index (χ0v) is 19.2. The second-order valence-corrected chi connectivity index (χ2v) is 8.78. The molecular formula is C23H19Cl2N3O5. The molecule has 5 rings (SSSR count). The van der Waals surface area contributed by atoms with Crippen LogP contribution in [0.1, 0.15) is 17.4 Å². The van der Waals surface area contributed by atoms with Gasteiger partial charge in [-0.05, 0) is 35.9 Å². The van der Waals surface area contributed by atoms with E-state index in [-0.39, 0.29) is 11.5 Å². The normalized spacial score (nSPS) is 15.7. The van der Waals surface area contributed by atoms with E-state index in [0.717, 1.165) is 4.57 Å². The van der Waals surface area contributed by atoms with E-state index >= 15 is 0 Å². The maximum absolute atomic E-state index is 13.4. The molecule has 1 aliphatic rings. The summed E-state index contributed by atoms with van der Waals surface area (Å²) in [6, 6.07) is 9.44. The van der Waals surface area contributed by atoms with Crippen molar-refractivity contribution in [3.63, 3.8) is 0 Å². The smallest absolute Gasteiger partial charge is 0.331 e. The number of rotatable bonds is 2. The van der Waals surface area contributed by atoms with Crippen molar-refractivity contribution in [2.75, 3.05) is 6.61 Å². The fourth-order valence-corrected chi connectivity index (χ4v) is 5.00. The lowest BCUT2D eigenvalue weighted by molar-refractivity contribution is 0.0477. The Morgan fingerprint density at radius 3 is 2.45 bits per heavy atom. The third-order valence-corrected chi connectivity index (χ3v) is 6.59. The number of halogens is 2. The Kier molecular flexibility index (Phi) is 5.04. The number of aryl methyl sites for hydroxylation is 1. The summed E-state index contributed by atoms with van der Waals surface area (Å²) in [7, 11) is 3.03. The molecule has 0 saturated heterocycles. The van der Waals surface area contributed by atoms with Gasteiger partial charge in [-0.1, -0.05) is 29.3 Å². The number of aromatic hydroxyl groups is 2. The first-order valence-corrected chi connectivity index (χ1v) is 10.9. The molecular weight excluding hydrogens is 469 g/mol. The fourth-order valence-electron chi connectivity index (χ4n) is 4.50. The molecule has 0 unspecified atom stereocenters. The number of phenolic OH excluding ortho intramolecular Hbond substituents is 2. The van der Waals surface area contributed by atoms with Crippen molar-refractivity contribution in [1.29, 1.82) is 0 Å². The summed E-state index contributed by atoms with van der Waals surface area (Å²) in [4.78, 5) is 26.2. The topological polar surface area (TPSA) is 98.6 Å². The van der Waals surface area contributed by atoms with E-state index in [2.05, 4.69) is 0 Å². The molecule has 0 spiro atoms. The number of fused-ring (bicyclic) bond motifs is 3. The van der Waals surface area contributed by atoms with Gasteiger partial charge in [-0.2, -0.15) is 0 Å². The lowest BCUT2D eigenvalue weighted by Crippen LogP contribution is -2.37.